The molecule has 0 aliphatic carbocycles. The Hall–Kier alpha value is -3.01. The summed E-state index contributed by atoms with van der Waals surface area (Å²) in [4.78, 5) is 4.23. The van der Waals surface area contributed by atoms with E-state index in [2.05, 4.69) is 10.3 Å². The van der Waals surface area contributed by atoms with Crippen molar-refractivity contribution in [2.24, 2.45) is 0 Å². The largest absolute Gasteiger partial charge is 0.455 e. The fourth-order valence-corrected chi connectivity index (χ4v) is 1.92. The molecule has 1 aromatic heterocycles. The van der Waals surface area contributed by atoms with Gasteiger partial charge in [-0.3, -0.25) is 0 Å². The molecule has 104 valence electrons. The van der Waals surface area contributed by atoms with Crippen LogP contribution in [0.2, 0.25) is 0 Å². The third-order valence-corrected chi connectivity index (χ3v) is 2.95. The van der Waals surface area contributed by atoms with Gasteiger partial charge in [0.1, 0.15) is 5.75 Å². The number of pyridine rings is 1. The molecule has 0 saturated carbocycles. The van der Waals surface area contributed by atoms with Crippen LogP contribution in [0.4, 0.5) is 17.2 Å². The molecule has 4 nitrogen and oxygen atoms in total. The summed E-state index contributed by atoms with van der Waals surface area (Å²) in [6.07, 6.45) is 1.69. The number of nitrogens with one attached hydrogen (secondary N) is 1. The Labute approximate surface area is 123 Å². The topological polar surface area (TPSA) is 60.2 Å². The second-order valence-corrected chi connectivity index (χ2v) is 4.48. The molecule has 3 rings (SSSR count). The van der Waals surface area contributed by atoms with Gasteiger partial charge in [-0.2, -0.15) is 0 Å². The zero-order valence-corrected chi connectivity index (χ0v) is 11.4. The number of ether oxygens (including phenoxy) is 1. The van der Waals surface area contributed by atoms with Crippen LogP contribution in [0.5, 0.6) is 11.5 Å². The van der Waals surface area contributed by atoms with Crippen molar-refractivity contribution < 1.29 is 4.74 Å². The molecule has 0 saturated heterocycles. The first kappa shape index (κ1) is 13.0. The molecule has 0 aliphatic rings. The maximum atomic E-state index is 5.91. The highest BCUT2D eigenvalue weighted by Crippen LogP contribution is 2.32. The van der Waals surface area contributed by atoms with E-state index in [0.29, 0.717) is 17.3 Å². The minimum atomic E-state index is 0.590. The first-order valence-corrected chi connectivity index (χ1v) is 6.62. The summed E-state index contributed by atoms with van der Waals surface area (Å²) in [6.45, 7) is 0. The van der Waals surface area contributed by atoms with E-state index < -0.39 is 0 Å². The summed E-state index contributed by atoms with van der Waals surface area (Å²) < 4.78 is 5.89. The highest BCUT2D eigenvalue weighted by molar-refractivity contribution is 5.72. The molecule has 4 heteroatoms. The second-order valence-electron chi connectivity index (χ2n) is 4.48. The Kier molecular flexibility index (Phi) is 3.69. The number of anilines is 3. The van der Waals surface area contributed by atoms with Gasteiger partial charge in [0, 0.05) is 6.20 Å². The molecular weight excluding hydrogens is 262 g/mol. The second kappa shape index (κ2) is 5.96. The van der Waals surface area contributed by atoms with Gasteiger partial charge in [0.05, 0.1) is 11.4 Å². The molecule has 0 spiro atoms. The number of hydrogen-bond donors (Lipinski definition) is 2. The third kappa shape index (κ3) is 3.12. The smallest absolute Gasteiger partial charge is 0.153 e. The van der Waals surface area contributed by atoms with Crippen LogP contribution < -0.4 is 15.8 Å². The van der Waals surface area contributed by atoms with Gasteiger partial charge in [-0.05, 0) is 36.4 Å². The summed E-state index contributed by atoms with van der Waals surface area (Å²) in [5.74, 6) is 2.11. The Morgan fingerprint density at radius 3 is 2.43 bits per heavy atom. The van der Waals surface area contributed by atoms with E-state index in [9.17, 15) is 0 Å². The number of hydrogen-bond acceptors (Lipinski definition) is 4. The molecule has 3 N–H and O–H groups in total. The highest BCUT2D eigenvalue weighted by Gasteiger charge is 2.06. The van der Waals surface area contributed by atoms with Crippen molar-refractivity contribution in [2.75, 3.05) is 11.1 Å². The molecule has 2 aromatic carbocycles. The van der Waals surface area contributed by atoms with Gasteiger partial charge in [-0.15, -0.1) is 0 Å². The lowest BCUT2D eigenvalue weighted by Gasteiger charge is -2.13. The summed E-state index contributed by atoms with van der Waals surface area (Å²) in [5.41, 5.74) is 7.31. The number of benzene rings is 2. The molecule has 0 atom stereocenters. The lowest BCUT2D eigenvalue weighted by molar-refractivity contribution is 0.485. The van der Waals surface area contributed by atoms with Crippen molar-refractivity contribution in [2.45, 2.75) is 0 Å². The molecule has 0 aliphatic heterocycles. The summed E-state index contributed by atoms with van der Waals surface area (Å²) in [6, 6.07) is 20.9. The number of aromatic nitrogens is 1. The Morgan fingerprint density at radius 1 is 0.857 bits per heavy atom. The lowest BCUT2D eigenvalue weighted by Crippen LogP contribution is -2.00. The van der Waals surface area contributed by atoms with Crippen LogP contribution >= 0.6 is 0 Å². The fraction of sp³-hybridized carbons (Fsp3) is 0. The summed E-state index contributed by atoms with van der Waals surface area (Å²) in [5, 5.41) is 3.20. The van der Waals surface area contributed by atoms with Crippen molar-refractivity contribution in [3.05, 3.63) is 72.9 Å². The maximum absolute atomic E-state index is 5.91. The van der Waals surface area contributed by atoms with E-state index in [4.69, 9.17) is 10.5 Å². The number of nitrogens with two attached hydrogens (primary N) is 1. The van der Waals surface area contributed by atoms with Crippen LogP contribution in [0.15, 0.2) is 72.9 Å². The zero-order valence-electron chi connectivity index (χ0n) is 11.4. The van der Waals surface area contributed by atoms with Crippen molar-refractivity contribution in [3.8, 4) is 11.5 Å². The molecule has 0 amide bonds. The van der Waals surface area contributed by atoms with Gasteiger partial charge in [0.15, 0.2) is 11.6 Å². The van der Waals surface area contributed by atoms with Crippen LogP contribution in [0.25, 0.3) is 0 Å². The van der Waals surface area contributed by atoms with Gasteiger partial charge in [0.25, 0.3) is 0 Å². The van der Waals surface area contributed by atoms with E-state index in [1.807, 2.05) is 54.6 Å². The van der Waals surface area contributed by atoms with Crippen molar-refractivity contribution in [1.29, 1.82) is 0 Å². The number of para-hydroxylation sites is 3. The van der Waals surface area contributed by atoms with Crippen molar-refractivity contribution >= 4 is 17.2 Å². The minimum absolute atomic E-state index is 0.590. The minimum Gasteiger partial charge on any atom is -0.455 e. The molecule has 0 fully saturated rings. The van der Waals surface area contributed by atoms with Crippen LogP contribution in [-0.2, 0) is 0 Å². The first-order valence-electron chi connectivity index (χ1n) is 6.62. The van der Waals surface area contributed by atoms with Gasteiger partial charge in [-0.25, -0.2) is 4.98 Å². The molecule has 3 aromatic rings. The Morgan fingerprint density at radius 2 is 1.62 bits per heavy atom. The highest BCUT2D eigenvalue weighted by atomic mass is 16.5. The quantitative estimate of drug-likeness (QED) is 0.750. The lowest BCUT2D eigenvalue weighted by atomic mass is 10.2. The molecule has 1 heterocycles. The molecule has 0 bridgehead atoms. The maximum Gasteiger partial charge on any atom is 0.153 e. The molecular formula is C17H15N3O. The van der Waals surface area contributed by atoms with Gasteiger partial charge >= 0.3 is 0 Å². The average Bonchev–Trinajstić information content (AvgIpc) is 2.52. The molecule has 21 heavy (non-hydrogen) atoms. The number of nitrogens with zero attached hydrogens (tertiary/aromatic N) is 1. The number of rotatable bonds is 4. The first-order chi connectivity index (χ1) is 10.3. The van der Waals surface area contributed by atoms with Gasteiger partial charge in [-0.1, -0.05) is 30.3 Å². The van der Waals surface area contributed by atoms with Crippen LogP contribution in [0.3, 0.4) is 0 Å². The van der Waals surface area contributed by atoms with E-state index >= 15 is 0 Å². The summed E-state index contributed by atoms with van der Waals surface area (Å²) in [7, 11) is 0. The van der Waals surface area contributed by atoms with E-state index in [1.54, 1.807) is 18.3 Å². The van der Waals surface area contributed by atoms with Crippen molar-refractivity contribution in [3.63, 3.8) is 0 Å². The SMILES string of the molecule is Nc1cccnc1Nc1ccccc1Oc1ccccc1. The van der Waals surface area contributed by atoms with Gasteiger partial charge in [0.2, 0.25) is 0 Å². The summed E-state index contributed by atoms with van der Waals surface area (Å²) >= 11 is 0. The predicted molar refractivity (Wildman–Crippen MR) is 84.9 cm³/mol. The van der Waals surface area contributed by atoms with E-state index in [1.165, 1.54) is 0 Å². The van der Waals surface area contributed by atoms with E-state index in [0.717, 1.165) is 11.4 Å². The monoisotopic (exact) mass is 277 g/mol. The van der Waals surface area contributed by atoms with Crippen LogP contribution in [0, 0.1) is 0 Å². The fourth-order valence-electron chi connectivity index (χ4n) is 1.92. The zero-order chi connectivity index (χ0) is 14.5. The van der Waals surface area contributed by atoms with Crippen molar-refractivity contribution in [1.82, 2.24) is 4.98 Å². The van der Waals surface area contributed by atoms with Crippen LogP contribution in [-0.4, -0.2) is 4.98 Å². The van der Waals surface area contributed by atoms with Gasteiger partial charge < -0.3 is 15.8 Å². The Bertz CT molecular complexity index is 729. The van der Waals surface area contributed by atoms with Crippen LogP contribution in [0.1, 0.15) is 0 Å². The van der Waals surface area contributed by atoms with E-state index in [-0.39, 0.29) is 0 Å². The average molecular weight is 277 g/mol. The normalized spacial score (nSPS) is 10.1. The standard InChI is InChI=1S/C17H15N3O/c18-14-9-6-12-19-17(14)20-15-10-4-5-11-16(15)21-13-7-2-1-3-8-13/h1-12H,18H2,(H,19,20). The Balaban J connectivity index is 1.88. The number of nitrogen functional groups attached to an aromatic ring is 1. The molecule has 0 radical (unpaired) electrons. The molecule has 0 unspecified atom stereocenters. The predicted octanol–water partition coefficient (Wildman–Crippen LogP) is 4.20. The third-order valence-electron chi connectivity index (χ3n) is 2.95.